The minimum absolute atomic E-state index is 0.146. The highest BCUT2D eigenvalue weighted by atomic mass is 35.5. The molecule has 126 valence electrons. The number of rotatable bonds is 5. The van der Waals surface area contributed by atoms with Crippen LogP contribution in [0.2, 0.25) is 5.02 Å². The zero-order valence-corrected chi connectivity index (χ0v) is 14.5. The summed E-state index contributed by atoms with van der Waals surface area (Å²) in [5, 5.41) is 19.7. The number of aromatic carboxylic acids is 1. The van der Waals surface area contributed by atoms with E-state index in [1.54, 1.807) is 32.0 Å². The van der Waals surface area contributed by atoms with Crippen molar-refractivity contribution in [2.24, 2.45) is 0 Å². The standard InChI is InChI=1S/C19H19ClO4/c1-11-9-14(18(24-3)12(2)17(11)19(22)23)6-4-5-13-7-8-15(20)10-16(13)21/h4,6-10,21H,5H2,1-3H3,(H,22,23). The molecule has 0 saturated heterocycles. The minimum Gasteiger partial charge on any atom is -0.508 e. The molecule has 2 N–H and O–H groups in total. The predicted octanol–water partition coefficient (Wildman–Crippen LogP) is 4.63. The number of methoxy groups -OCH3 is 1. The van der Waals surface area contributed by atoms with Gasteiger partial charge in [0, 0.05) is 16.1 Å². The number of hydrogen-bond acceptors (Lipinski definition) is 3. The molecule has 5 heteroatoms. The molecule has 0 atom stereocenters. The molecule has 0 aromatic heterocycles. The number of aromatic hydroxyl groups is 1. The van der Waals surface area contributed by atoms with E-state index in [9.17, 15) is 15.0 Å². The highest BCUT2D eigenvalue weighted by Gasteiger charge is 2.17. The quantitative estimate of drug-likeness (QED) is 0.828. The molecule has 2 aromatic carbocycles. The average Bonchev–Trinajstić information content (AvgIpc) is 2.49. The molecule has 0 unspecified atom stereocenters. The summed E-state index contributed by atoms with van der Waals surface area (Å²) in [7, 11) is 1.52. The first-order valence-corrected chi connectivity index (χ1v) is 7.78. The average molecular weight is 347 g/mol. The third-order valence-corrected chi connectivity index (χ3v) is 4.08. The second-order valence-corrected chi connectivity index (χ2v) is 5.94. The maximum Gasteiger partial charge on any atom is 0.336 e. The number of halogens is 1. The summed E-state index contributed by atoms with van der Waals surface area (Å²) >= 11 is 5.82. The molecular weight excluding hydrogens is 328 g/mol. The number of phenols is 1. The topological polar surface area (TPSA) is 66.8 Å². The van der Waals surface area contributed by atoms with Crippen LogP contribution in [0, 0.1) is 13.8 Å². The van der Waals surface area contributed by atoms with Gasteiger partial charge in [-0.1, -0.05) is 29.8 Å². The lowest BCUT2D eigenvalue weighted by atomic mass is 9.97. The van der Waals surface area contributed by atoms with Gasteiger partial charge >= 0.3 is 5.97 Å². The van der Waals surface area contributed by atoms with Crippen molar-refractivity contribution < 1.29 is 19.7 Å². The first-order chi connectivity index (χ1) is 11.3. The van der Waals surface area contributed by atoms with E-state index in [4.69, 9.17) is 16.3 Å². The lowest BCUT2D eigenvalue weighted by molar-refractivity contribution is 0.0695. The SMILES string of the molecule is COc1c(C=CCc2ccc(Cl)cc2O)cc(C)c(C(=O)O)c1C. The Bertz CT molecular complexity index is 809. The fourth-order valence-electron chi connectivity index (χ4n) is 2.74. The van der Waals surface area contributed by atoms with Crippen molar-refractivity contribution in [3.05, 3.63) is 63.2 Å². The largest absolute Gasteiger partial charge is 0.508 e. The highest BCUT2D eigenvalue weighted by molar-refractivity contribution is 6.30. The molecule has 0 aliphatic rings. The fourth-order valence-corrected chi connectivity index (χ4v) is 2.91. The van der Waals surface area contributed by atoms with Gasteiger partial charge in [0.1, 0.15) is 11.5 Å². The van der Waals surface area contributed by atoms with Crippen LogP contribution < -0.4 is 4.74 Å². The smallest absolute Gasteiger partial charge is 0.336 e. The third-order valence-electron chi connectivity index (χ3n) is 3.84. The van der Waals surface area contributed by atoms with Crippen molar-refractivity contribution in [2.45, 2.75) is 20.3 Å². The zero-order chi connectivity index (χ0) is 17.9. The number of phenolic OH excluding ortho intramolecular Hbond substituents is 1. The summed E-state index contributed by atoms with van der Waals surface area (Å²) in [4.78, 5) is 11.4. The van der Waals surface area contributed by atoms with Crippen LogP contribution in [0.5, 0.6) is 11.5 Å². The molecule has 0 fully saturated rings. The van der Waals surface area contributed by atoms with Crippen LogP contribution >= 0.6 is 11.6 Å². The first kappa shape index (κ1) is 17.9. The van der Waals surface area contributed by atoms with Crippen molar-refractivity contribution in [3.8, 4) is 11.5 Å². The number of carboxylic acid groups (broad SMARTS) is 1. The molecule has 0 bridgehead atoms. The van der Waals surface area contributed by atoms with E-state index in [1.807, 2.05) is 12.2 Å². The van der Waals surface area contributed by atoms with E-state index in [-0.39, 0.29) is 11.3 Å². The van der Waals surface area contributed by atoms with Crippen molar-refractivity contribution in [3.63, 3.8) is 0 Å². The van der Waals surface area contributed by atoms with Gasteiger partial charge in [0.25, 0.3) is 0 Å². The normalized spacial score (nSPS) is 11.0. The van der Waals surface area contributed by atoms with E-state index in [0.717, 1.165) is 11.1 Å². The highest BCUT2D eigenvalue weighted by Crippen LogP contribution is 2.31. The number of carbonyl (C=O) groups is 1. The van der Waals surface area contributed by atoms with Crippen LogP contribution in [0.25, 0.3) is 6.08 Å². The number of hydrogen-bond donors (Lipinski definition) is 2. The predicted molar refractivity (Wildman–Crippen MR) is 95.3 cm³/mol. The van der Waals surface area contributed by atoms with Crippen LogP contribution in [0.15, 0.2) is 30.3 Å². The zero-order valence-electron chi connectivity index (χ0n) is 13.8. The van der Waals surface area contributed by atoms with Crippen LogP contribution in [0.1, 0.15) is 32.6 Å². The Hall–Kier alpha value is -2.46. The molecule has 0 aliphatic carbocycles. The molecule has 0 saturated carbocycles. The summed E-state index contributed by atoms with van der Waals surface area (Å²) in [6.07, 6.45) is 4.27. The van der Waals surface area contributed by atoms with Crippen LogP contribution in [0.3, 0.4) is 0 Å². The molecule has 0 amide bonds. The second-order valence-electron chi connectivity index (χ2n) is 5.50. The van der Waals surface area contributed by atoms with Gasteiger partial charge in [0.15, 0.2) is 0 Å². The van der Waals surface area contributed by atoms with Crippen LogP contribution in [-0.4, -0.2) is 23.3 Å². The fraction of sp³-hybridized carbons (Fsp3) is 0.211. The minimum atomic E-state index is -0.968. The molecule has 0 spiro atoms. The Morgan fingerprint density at radius 2 is 2.00 bits per heavy atom. The monoisotopic (exact) mass is 346 g/mol. The van der Waals surface area contributed by atoms with Crippen molar-refractivity contribution >= 4 is 23.6 Å². The van der Waals surface area contributed by atoms with Gasteiger partial charge in [-0.25, -0.2) is 4.79 Å². The molecule has 24 heavy (non-hydrogen) atoms. The summed E-state index contributed by atoms with van der Waals surface area (Å²) in [6.45, 7) is 3.50. The maximum atomic E-state index is 11.4. The van der Waals surface area contributed by atoms with Crippen LogP contribution in [-0.2, 0) is 6.42 Å². The Morgan fingerprint density at radius 1 is 1.29 bits per heavy atom. The summed E-state index contributed by atoms with van der Waals surface area (Å²) < 4.78 is 5.38. The van der Waals surface area contributed by atoms with Gasteiger partial charge in [0.2, 0.25) is 0 Å². The van der Waals surface area contributed by atoms with Crippen molar-refractivity contribution in [1.82, 2.24) is 0 Å². The number of allylic oxidation sites excluding steroid dienone is 1. The third kappa shape index (κ3) is 3.71. The maximum absolute atomic E-state index is 11.4. The summed E-state index contributed by atoms with van der Waals surface area (Å²) in [6, 6.07) is 6.78. The first-order valence-electron chi connectivity index (χ1n) is 7.40. The van der Waals surface area contributed by atoms with Gasteiger partial charge in [-0.2, -0.15) is 0 Å². The number of benzene rings is 2. The van der Waals surface area contributed by atoms with Crippen molar-refractivity contribution in [2.75, 3.05) is 7.11 Å². The Morgan fingerprint density at radius 3 is 2.58 bits per heavy atom. The molecule has 2 rings (SSSR count). The lowest BCUT2D eigenvalue weighted by Crippen LogP contribution is -2.06. The number of aryl methyl sites for hydroxylation is 1. The number of ether oxygens (including phenoxy) is 1. The van der Waals surface area contributed by atoms with E-state index >= 15 is 0 Å². The van der Waals surface area contributed by atoms with E-state index < -0.39 is 5.97 Å². The van der Waals surface area contributed by atoms with Gasteiger partial charge in [0.05, 0.1) is 12.7 Å². The van der Waals surface area contributed by atoms with Gasteiger partial charge in [-0.3, -0.25) is 0 Å². The summed E-state index contributed by atoms with van der Waals surface area (Å²) in [5.74, 6) is -0.285. The lowest BCUT2D eigenvalue weighted by Gasteiger charge is -2.14. The molecule has 4 nitrogen and oxygen atoms in total. The molecule has 0 heterocycles. The Kier molecular flexibility index (Phi) is 5.52. The van der Waals surface area contributed by atoms with Crippen molar-refractivity contribution in [1.29, 1.82) is 0 Å². The Balaban J connectivity index is 2.33. The van der Waals surface area contributed by atoms with Gasteiger partial charge < -0.3 is 14.9 Å². The molecular formula is C19H19ClO4. The number of carboxylic acids is 1. The van der Waals surface area contributed by atoms with E-state index in [1.165, 1.54) is 13.2 Å². The molecule has 0 aliphatic heterocycles. The Labute approximate surface area is 146 Å². The van der Waals surface area contributed by atoms with Gasteiger partial charge in [-0.05, 0) is 49.6 Å². The second kappa shape index (κ2) is 7.41. The van der Waals surface area contributed by atoms with E-state index in [0.29, 0.717) is 28.3 Å². The summed E-state index contributed by atoms with van der Waals surface area (Å²) in [5.41, 5.74) is 3.09. The van der Waals surface area contributed by atoms with Crippen LogP contribution in [0.4, 0.5) is 0 Å². The van der Waals surface area contributed by atoms with E-state index in [2.05, 4.69) is 0 Å². The molecule has 0 radical (unpaired) electrons. The molecule has 2 aromatic rings. The van der Waals surface area contributed by atoms with Gasteiger partial charge in [-0.15, -0.1) is 0 Å².